The van der Waals surface area contributed by atoms with Crippen molar-refractivity contribution in [3.05, 3.63) is 0 Å². The summed E-state index contributed by atoms with van der Waals surface area (Å²) < 4.78 is 0.180. The molecule has 1 aliphatic rings. The number of carboxylic acids is 1. The number of aliphatic carboxylic acids is 1. The molecule has 0 aliphatic carbocycles. The van der Waals surface area contributed by atoms with Crippen LogP contribution < -0.4 is 5.32 Å². The molecule has 1 saturated heterocycles. The van der Waals surface area contributed by atoms with Gasteiger partial charge in [-0.2, -0.15) is 11.8 Å². The lowest BCUT2D eigenvalue weighted by Crippen LogP contribution is -2.49. The van der Waals surface area contributed by atoms with Gasteiger partial charge in [-0.3, -0.25) is 0 Å². The van der Waals surface area contributed by atoms with E-state index in [1.807, 2.05) is 25.6 Å². The van der Waals surface area contributed by atoms with E-state index in [0.717, 1.165) is 12.2 Å². The van der Waals surface area contributed by atoms with Crippen molar-refractivity contribution in [2.24, 2.45) is 5.92 Å². The lowest BCUT2D eigenvalue weighted by atomic mass is 10.0. The molecule has 0 saturated carbocycles. The van der Waals surface area contributed by atoms with E-state index in [1.165, 1.54) is 0 Å². The molecule has 0 radical (unpaired) electrons. The molecule has 20 heavy (non-hydrogen) atoms. The average Bonchev–Trinajstić information content (AvgIpc) is 2.48. The van der Waals surface area contributed by atoms with Crippen LogP contribution in [-0.4, -0.2) is 51.6 Å². The summed E-state index contributed by atoms with van der Waals surface area (Å²) in [6.07, 6.45) is 1.38. The van der Waals surface area contributed by atoms with Crippen molar-refractivity contribution in [1.82, 2.24) is 10.2 Å². The maximum Gasteiger partial charge on any atom is 0.326 e. The smallest absolute Gasteiger partial charge is 0.326 e. The van der Waals surface area contributed by atoms with E-state index in [-0.39, 0.29) is 16.7 Å². The predicted octanol–water partition coefficient (Wildman–Crippen LogP) is 2.41. The number of amides is 2. The highest BCUT2D eigenvalue weighted by Crippen LogP contribution is 2.30. The molecule has 0 aromatic rings. The van der Waals surface area contributed by atoms with Crippen LogP contribution in [0.3, 0.4) is 0 Å². The average molecular weight is 302 g/mol. The standard InChI is InChI=1S/C14H26N2O3S/c1-10(2)9-11(12(17)18)15-13(19)16-6-5-14(3,4)20-8-7-16/h10-11H,5-9H2,1-4H3,(H,15,19)(H,17,18). The molecule has 0 spiro atoms. The number of hydrogen-bond acceptors (Lipinski definition) is 3. The lowest BCUT2D eigenvalue weighted by Gasteiger charge is -2.25. The van der Waals surface area contributed by atoms with E-state index in [9.17, 15) is 14.7 Å². The van der Waals surface area contributed by atoms with Gasteiger partial charge < -0.3 is 15.3 Å². The SMILES string of the molecule is CC(C)CC(NC(=O)N1CCSC(C)(C)CC1)C(=O)O. The minimum absolute atomic E-state index is 0.180. The molecule has 1 aliphatic heterocycles. The Kier molecular flexibility index (Phi) is 6.17. The van der Waals surface area contributed by atoms with E-state index in [1.54, 1.807) is 4.90 Å². The van der Waals surface area contributed by atoms with Gasteiger partial charge in [0.05, 0.1) is 0 Å². The third-order valence-corrected chi connectivity index (χ3v) is 4.80. The van der Waals surface area contributed by atoms with Crippen LogP contribution in [0.25, 0.3) is 0 Å². The molecule has 1 fully saturated rings. The van der Waals surface area contributed by atoms with Crippen LogP contribution in [0.5, 0.6) is 0 Å². The largest absolute Gasteiger partial charge is 0.480 e. The van der Waals surface area contributed by atoms with Crippen molar-refractivity contribution in [2.45, 2.75) is 51.3 Å². The van der Waals surface area contributed by atoms with E-state index in [2.05, 4.69) is 19.2 Å². The molecule has 0 bridgehead atoms. The van der Waals surface area contributed by atoms with Gasteiger partial charge in [0, 0.05) is 23.6 Å². The van der Waals surface area contributed by atoms with Crippen molar-refractivity contribution >= 4 is 23.8 Å². The van der Waals surface area contributed by atoms with E-state index in [0.29, 0.717) is 19.5 Å². The number of nitrogens with one attached hydrogen (secondary N) is 1. The predicted molar refractivity (Wildman–Crippen MR) is 82.1 cm³/mol. The van der Waals surface area contributed by atoms with Gasteiger partial charge in [0.25, 0.3) is 0 Å². The zero-order chi connectivity index (χ0) is 15.3. The third kappa shape index (κ3) is 5.61. The van der Waals surface area contributed by atoms with Gasteiger partial charge in [0.1, 0.15) is 6.04 Å². The summed E-state index contributed by atoms with van der Waals surface area (Å²) in [5, 5.41) is 11.8. The normalized spacial score (nSPS) is 20.4. The Morgan fingerprint density at radius 1 is 1.35 bits per heavy atom. The Bertz CT molecular complexity index is 358. The molecule has 1 unspecified atom stereocenters. The lowest BCUT2D eigenvalue weighted by molar-refractivity contribution is -0.139. The van der Waals surface area contributed by atoms with Crippen LogP contribution in [0, 0.1) is 5.92 Å². The van der Waals surface area contributed by atoms with Crippen LogP contribution in [0.1, 0.15) is 40.5 Å². The molecule has 1 rings (SSSR count). The molecule has 116 valence electrons. The molecular formula is C14H26N2O3S. The molecule has 0 aromatic carbocycles. The molecule has 1 heterocycles. The van der Waals surface area contributed by atoms with Crippen molar-refractivity contribution < 1.29 is 14.7 Å². The second-order valence-corrected chi connectivity index (χ2v) is 8.12. The number of nitrogens with zero attached hydrogens (tertiary/aromatic N) is 1. The fraction of sp³-hybridized carbons (Fsp3) is 0.857. The molecule has 5 nitrogen and oxygen atoms in total. The van der Waals surface area contributed by atoms with E-state index in [4.69, 9.17) is 0 Å². The number of carbonyl (C=O) groups is 2. The summed E-state index contributed by atoms with van der Waals surface area (Å²) in [4.78, 5) is 25.1. The number of hydrogen-bond donors (Lipinski definition) is 2. The monoisotopic (exact) mass is 302 g/mol. The highest BCUT2D eigenvalue weighted by Gasteiger charge is 2.28. The summed E-state index contributed by atoms with van der Waals surface area (Å²) in [5.74, 6) is 0.161. The second-order valence-electron chi connectivity index (χ2n) is 6.32. The quantitative estimate of drug-likeness (QED) is 0.836. The topological polar surface area (TPSA) is 69.6 Å². The number of carbonyl (C=O) groups excluding carboxylic acids is 1. The van der Waals surface area contributed by atoms with Crippen LogP contribution in [-0.2, 0) is 4.79 Å². The van der Waals surface area contributed by atoms with Crippen molar-refractivity contribution in [2.75, 3.05) is 18.8 Å². The minimum atomic E-state index is -0.962. The zero-order valence-corrected chi connectivity index (χ0v) is 13.6. The first-order chi connectivity index (χ1) is 9.21. The Labute approximate surface area is 125 Å². The maximum absolute atomic E-state index is 12.2. The summed E-state index contributed by atoms with van der Waals surface area (Å²) in [6.45, 7) is 9.62. The first-order valence-electron chi connectivity index (χ1n) is 7.13. The van der Waals surface area contributed by atoms with Gasteiger partial charge in [-0.05, 0) is 18.8 Å². The summed E-state index contributed by atoms with van der Waals surface area (Å²) in [5.41, 5.74) is 0. The Morgan fingerprint density at radius 2 is 2.00 bits per heavy atom. The zero-order valence-electron chi connectivity index (χ0n) is 12.8. The molecule has 6 heteroatoms. The summed E-state index contributed by atoms with van der Waals surface area (Å²) in [6, 6.07) is -1.05. The second kappa shape index (κ2) is 7.20. The number of urea groups is 1. The van der Waals surface area contributed by atoms with Crippen LogP contribution in [0.2, 0.25) is 0 Å². The first-order valence-corrected chi connectivity index (χ1v) is 8.12. The van der Waals surface area contributed by atoms with Gasteiger partial charge in [-0.25, -0.2) is 9.59 Å². The fourth-order valence-electron chi connectivity index (χ4n) is 2.16. The van der Waals surface area contributed by atoms with Gasteiger partial charge in [0.15, 0.2) is 0 Å². The van der Waals surface area contributed by atoms with E-state index >= 15 is 0 Å². The molecular weight excluding hydrogens is 276 g/mol. The first kappa shape index (κ1) is 17.1. The Hall–Kier alpha value is -0.910. The molecule has 1 atom stereocenters. The number of carboxylic acid groups (broad SMARTS) is 1. The van der Waals surface area contributed by atoms with Gasteiger partial charge >= 0.3 is 12.0 Å². The number of thioether (sulfide) groups is 1. The van der Waals surface area contributed by atoms with Crippen molar-refractivity contribution in [3.63, 3.8) is 0 Å². The van der Waals surface area contributed by atoms with E-state index < -0.39 is 12.0 Å². The van der Waals surface area contributed by atoms with Crippen LogP contribution in [0.4, 0.5) is 4.79 Å². The van der Waals surface area contributed by atoms with Gasteiger partial charge in [-0.1, -0.05) is 27.7 Å². The number of rotatable bonds is 4. The van der Waals surface area contributed by atoms with Crippen LogP contribution in [0.15, 0.2) is 0 Å². The fourth-order valence-corrected chi connectivity index (χ4v) is 3.26. The maximum atomic E-state index is 12.2. The van der Waals surface area contributed by atoms with Crippen LogP contribution >= 0.6 is 11.8 Å². The molecule has 2 N–H and O–H groups in total. The highest BCUT2D eigenvalue weighted by molar-refractivity contribution is 8.00. The summed E-state index contributed by atoms with van der Waals surface area (Å²) in [7, 11) is 0. The Balaban J connectivity index is 2.58. The third-order valence-electron chi connectivity index (χ3n) is 3.43. The Morgan fingerprint density at radius 3 is 2.55 bits per heavy atom. The summed E-state index contributed by atoms with van der Waals surface area (Å²) >= 11 is 1.86. The molecule has 0 aromatic heterocycles. The molecule has 2 amide bonds. The van der Waals surface area contributed by atoms with Crippen molar-refractivity contribution in [3.8, 4) is 0 Å². The minimum Gasteiger partial charge on any atom is -0.480 e. The highest BCUT2D eigenvalue weighted by atomic mass is 32.2. The van der Waals surface area contributed by atoms with Gasteiger partial charge in [-0.15, -0.1) is 0 Å². The van der Waals surface area contributed by atoms with Gasteiger partial charge in [0.2, 0.25) is 0 Å². The van der Waals surface area contributed by atoms with Crippen molar-refractivity contribution in [1.29, 1.82) is 0 Å².